The Morgan fingerprint density at radius 2 is 1.67 bits per heavy atom. The van der Waals surface area contributed by atoms with Crippen molar-refractivity contribution in [1.29, 1.82) is 0 Å². The highest BCUT2D eigenvalue weighted by atomic mass is 35.5. The van der Waals surface area contributed by atoms with Gasteiger partial charge in [0.05, 0.1) is 37.9 Å². The van der Waals surface area contributed by atoms with E-state index in [-0.39, 0.29) is 0 Å². The zero-order valence-corrected chi connectivity index (χ0v) is 20.8. The fourth-order valence-electron chi connectivity index (χ4n) is 2.80. The zero-order valence-electron chi connectivity index (χ0n) is 19.2. The molecule has 10 nitrogen and oxygen atoms in total. The number of nitrogens with zero attached hydrogens (tertiary/aromatic N) is 2. The number of ether oxygens (including phenoxy) is 4. The smallest absolute Gasteiger partial charge is 0.422 e. The number of nitrogens with one attached hydrogen (secondary N) is 1. The van der Waals surface area contributed by atoms with E-state index in [9.17, 15) is 26.0 Å². The Balaban J connectivity index is 0.000000255. The first-order chi connectivity index (χ1) is 16.8. The van der Waals surface area contributed by atoms with Gasteiger partial charge in [-0.1, -0.05) is 11.6 Å². The molecular formula is C20H21ClF4N4O6S. The second-order valence-corrected chi connectivity index (χ2v) is 8.85. The van der Waals surface area contributed by atoms with E-state index in [4.69, 9.17) is 31.5 Å². The fourth-order valence-corrected chi connectivity index (χ4v) is 3.85. The van der Waals surface area contributed by atoms with E-state index in [1.54, 1.807) is 13.2 Å². The molecule has 0 aliphatic carbocycles. The molecular weight excluding hydrogens is 536 g/mol. The molecule has 0 bridgehead atoms. The van der Waals surface area contributed by atoms with Gasteiger partial charge in [0.2, 0.25) is 15.8 Å². The van der Waals surface area contributed by atoms with E-state index in [0.29, 0.717) is 45.4 Å². The Bertz CT molecular complexity index is 1340. The average Bonchev–Trinajstić information content (AvgIpc) is 2.82. The lowest BCUT2D eigenvalue weighted by Gasteiger charge is -2.14. The number of benzene rings is 2. The number of alkyl halides is 3. The van der Waals surface area contributed by atoms with Crippen LogP contribution in [-0.2, 0) is 10.0 Å². The minimum absolute atomic E-state index is 0.313. The molecule has 1 heterocycles. The molecule has 0 aliphatic heterocycles. The Kier molecular flexibility index (Phi) is 9.34. The number of nitrogens with two attached hydrogens (primary N) is 1. The molecule has 0 radical (unpaired) electrons. The molecule has 3 rings (SSSR count). The van der Waals surface area contributed by atoms with Crippen LogP contribution in [0.25, 0.3) is 10.9 Å². The van der Waals surface area contributed by atoms with E-state index < -0.39 is 45.0 Å². The summed E-state index contributed by atoms with van der Waals surface area (Å²) in [6.07, 6.45) is -3.23. The summed E-state index contributed by atoms with van der Waals surface area (Å²) < 4.78 is 94.0. The van der Waals surface area contributed by atoms with Crippen LogP contribution in [-0.4, -0.2) is 59.5 Å². The fraction of sp³-hybridized carbons (Fsp3) is 0.300. The van der Waals surface area contributed by atoms with Crippen molar-refractivity contribution in [3.63, 3.8) is 0 Å². The summed E-state index contributed by atoms with van der Waals surface area (Å²) in [5, 5.41) is 0.919. The number of halogens is 5. The van der Waals surface area contributed by atoms with Crippen LogP contribution in [0.3, 0.4) is 0 Å². The molecule has 0 unspecified atom stereocenters. The molecule has 1 aromatic heterocycles. The zero-order chi connectivity index (χ0) is 27.3. The number of fused-ring (bicyclic) bond motifs is 1. The van der Waals surface area contributed by atoms with Crippen molar-refractivity contribution in [3.8, 4) is 23.0 Å². The number of sulfonamides is 1. The number of methoxy groups -OCH3 is 3. The van der Waals surface area contributed by atoms with Crippen LogP contribution < -0.4 is 29.4 Å². The highest BCUT2D eigenvalue weighted by Crippen LogP contribution is 2.44. The van der Waals surface area contributed by atoms with Crippen LogP contribution in [0.1, 0.15) is 0 Å². The summed E-state index contributed by atoms with van der Waals surface area (Å²) in [4.78, 5) is 7.28. The van der Waals surface area contributed by atoms with E-state index in [1.807, 2.05) is 4.72 Å². The number of hydrogen-bond acceptors (Lipinski definition) is 9. The molecule has 0 amide bonds. The van der Waals surface area contributed by atoms with E-state index in [2.05, 4.69) is 14.7 Å². The quantitative estimate of drug-likeness (QED) is 0.254. The average molecular weight is 557 g/mol. The van der Waals surface area contributed by atoms with Crippen LogP contribution in [0.5, 0.6) is 23.0 Å². The molecule has 3 N–H and O–H groups in total. The minimum Gasteiger partial charge on any atom is -0.493 e. The second kappa shape index (κ2) is 11.6. The van der Waals surface area contributed by atoms with E-state index in [1.165, 1.54) is 20.5 Å². The number of anilines is 1. The predicted molar refractivity (Wildman–Crippen MR) is 123 cm³/mol. The maximum Gasteiger partial charge on any atom is 0.422 e. The van der Waals surface area contributed by atoms with Gasteiger partial charge in [0.15, 0.2) is 18.1 Å². The highest BCUT2D eigenvalue weighted by molar-refractivity contribution is 7.89. The third-order valence-corrected chi connectivity index (χ3v) is 6.11. The molecule has 3 aromatic rings. The van der Waals surface area contributed by atoms with Crippen molar-refractivity contribution in [2.75, 3.05) is 40.7 Å². The Morgan fingerprint density at radius 3 is 2.19 bits per heavy atom. The summed E-state index contributed by atoms with van der Waals surface area (Å²) in [6, 6.07) is 2.91. The highest BCUT2D eigenvalue weighted by Gasteiger charge is 2.29. The van der Waals surface area contributed by atoms with Gasteiger partial charge in [0.25, 0.3) is 0 Å². The van der Waals surface area contributed by atoms with Crippen LogP contribution in [0.4, 0.5) is 23.2 Å². The Labute approximate surface area is 208 Å². The maximum atomic E-state index is 13.5. The van der Waals surface area contributed by atoms with Gasteiger partial charge in [-0.15, -0.1) is 0 Å². The lowest BCUT2D eigenvalue weighted by molar-refractivity contribution is -0.153. The largest absolute Gasteiger partial charge is 0.493 e. The first-order valence-electron chi connectivity index (χ1n) is 9.60. The number of aromatic nitrogens is 2. The lowest BCUT2D eigenvalue weighted by atomic mass is 10.2. The van der Waals surface area contributed by atoms with Crippen molar-refractivity contribution in [3.05, 3.63) is 35.5 Å². The van der Waals surface area contributed by atoms with Crippen LogP contribution in [0, 0.1) is 5.82 Å². The molecule has 0 fully saturated rings. The first-order valence-corrected chi connectivity index (χ1v) is 11.5. The summed E-state index contributed by atoms with van der Waals surface area (Å²) in [5.41, 5.74) is 5.54. The topological polar surface area (TPSA) is 135 Å². The van der Waals surface area contributed by atoms with Gasteiger partial charge < -0.3 is 24.7 Å². The van der Waals surface area contributed by atoms with Crippen molar-refractivity contribution < 1.29 is 44.9 Å². The number of rotatable bonds is 7. The van der Waals surface area contributed by atoms with Crippen molar-refractivity contribution >= 4 is 38.2 Å². The van der Waals surface area contributed by atoms with Gasteiger partial charge in [-0.3, -0.25) is 0 Å². The third-order valence-electron chi connectivity index (χ3n) is 4.40. The third kappa shape index (κ3) is 6.67. The Morgan fingerprint density at radius 1 is 1.03 bits per heavy atom. The van der Waals surface area contributed by atoms with Gasteiger partial charge in [-0.25, -0.2) is 27.5 Å². The molecule has 36 heavy (non-hydrogen) atoms. The Hall–Kier alpha value is -3.30. The molecule has 198 valence electrons. The second-order valence-electron chi connectivity index (χ2n) is 6.64. The molecule has 16 heteroatoms. The van der Waals surface area contributed by atoms with Crippen molar-refractivity contribution in [1.82, 2.24) is 14.7 Å². The lowest BCUT2D eigenvalue weighted by Crippen LogP contribution is -2.21. The molecule has 0 saturated heterocycles. The number of hydrogen-bond donors (Lipinski definition) is 2. The SMILES string of the molecule is CNS(=O)(=O)c1cc(N)c(OCC(F)(F)F)cc1F.COc1cc2ncnc(Cl)c2c(OC)c1OC. The molecule has 0 aliphatic rings. The minimum atomic E-state index is -4.61. The molecule has 0 atom stereocenters. The van der Waals surface area contributed by atoms with Crippen LogP contribution >= 0.6 is 11.6 Å². The summed E-state index contributed by atoms with van der Waals surface area (Å²) in [6.45, 7) is -1.66. The summed E-state index contributed by atoms with van der Waals surface area (Å²) >= 11 is 6.04. The van der Waals surface area contributed by atoms with Gasteiger partial charge >= 0.3 is 6.18 Å². The van der Waals surface area contributed by atoms with Crippen LogP contribution in [0.2, 0.25) is 5.15 Å². The summed E-state index contributed by atoms with van der Waals surface area (Å²) in [7, 11) is 1.57. The monoisotopic (exact) mass is 556 g/mol. The molecule has 0 spiro atoms. The van der Waals surface area contributed by atoms with E-state index >= 15 is 0 Å². The van der Waals surface area contributed by atoms with Gasteiger partial charge in [0, 0.05) is 12.1 Å². The van der Waals surface area contributed by atoms with Gasteiger partial charge in [-0.05, 0) is 13.1 Å². The van der Waals surface area contributed by atoms with Gasteiger partial charge in [-0.2, -0.15) is 13.2 Å². The van der Waals surface area contributed by atoms with E-state index in [0.717, 1.165) is 7.05 Å². The van der Waals surface area contributed by atoms with Crippen LogP contribution in [0.15, 0.2) is 29.4 Å². The van der Waals surface area contributed by atoms with Crippen molar-refractivity contribution in [2.24, 2.45) is 0 Å². The normalized spacial score (nSPS) is 11.5. The number of nitrogen functional groups attached to an aromatic ring is 1. The molecule has 0 saturated carbocycles. The maximum absolute atomic E-state index is 13.5. The standard InChI is InChI=1S/C11H11ClN2O3.C9H10F4N2O3S/c1-15-7-4-6-8(11(12)14-5-13-6)10(17-3)9(7)16-2;1-15-19(16,17)8-3-6(14)7(2-5(8)10)18-4-9(11,12)13/h4-5H,1-3H3;2-3,15H,4,14H2,1H3. The molecule has 2 aromatic carbocycles. The summed E-state index contributed by atoms with van der Waals surface area (Å²) in [5.74, 6) is -0.371. The van der Waals surface area contributed by atoms with Crippen molar-refractivity contribution in [2.45, 2.75) is 11.1 Å². The first kappa shape index (κ1) is 28.9. The predicted octanol–water partition coefficient (Wildman–Crippen LogP) is 3.57. The van der Waals surface area contributed by atoms with Gasteiger partial charge in [0.1, 0.15) is 27.9 Å².